The van der Waals surface area contributed by atoms with E-state index in [1.54, 1.807) is 7.11 Å². The number of ether oxygens (including phenoxy) is 2. The maximum Gasteiger partial charge on any atom is 0.100 e. The molecule has 0 radical (unpaired) electrons. The minimum absolute atomic E-state index is 0.316. The van der Waals surface area contributed by atoms with Crippen molar-refractivity contribution in [2.45, 2.75) is 75.9 Å². The summed E-state index contributed by atoms with van der Waals surface area (Å²) in [5.41, 5.74) is 0. The molecular formula is C13H23FO2. The summed E-state index contributed by atoms with van der Waals surface area (Å²) in [5.74, 6) is 0. The van der Waals surface area contributed by atoms with Crippen LogP contribution in [0.5, 0.6) is 0 Å². The van der Waals surface area contributed by atoms with Crippen LogP contribution < -0.4 is 0 Å². The Labute approximate surface area is 97.5 Å². The molecule has 0 aromatic carbocycles. The SMILES string of the molecule is COC1CCC(OC2CCC(F)CC2)CC1. The van der Waals surface area contributed by atoms with Crippen LogP contribution in [0, 0.1) is 0 Å². The van der Waals surface area contributed by atoms with Crippen LogP contribution in [-0.4, -0.2) is 31.6 Å². The van der Waals surface area contributed by atoms with Crippen LogP contribution in [0.15, 0.2) is 0 Å². The zero-order valence-electron chi connectivity index (χ0n) is 10.2. The van der Waals surface area contributed by atoms with E-state index in [2.05, 4.69) is 0 Å². The molecule has 2 fully saturated rings. The highest BCUT2D eigenvalue weighted by molar-refractivity contribution is 4.77. The van der Waals surface area contributed by atoms with Crippen molar-refractivity contribution >= 4 is 0 Å². The van der Waals surface area contributed by atoms with Crippen molar-refractivity contribution in [2.75, 3.05) is 7.11 Å². The highest BCUT2D eigenvalue weighted by atomic mass is 19.1. The van der Waals surface area contributed by atoms with Crippen molar-refractivity contribution in [3.8, 4) is 0 Å². The first-order valence-corrected chi connectivity index (χ1v) is 6.60. The number of hydrogen-bond donors (Lipinski definition) is 0. The second-order valence-corrected chi connectivity index (χ2v) is 5.14. The molecule has 0 spiro atoms. The molecule has 0 heterocycles. The van der Waals surface area contributed by atoms with Gasteiger partial charge < -0.3 is 9.47 Å². The van der Waals surface area contributed by atoms with Crippen LogP contribution >= 0.6 is 0 Å². The summed E-state index contributed by atoms with van der Waals surface area (Å²) in [7, 11) is 1.79. The van der Waals surface area contributed by atoms with Gasteiger partial charge in [-0.25, -0.2) is 4.39 Å². The van der Waals surface area contributed by atoms with E-state index in [-0.39, 0.29) is 0 Å². The van der Waals surface area contributed by atoms with Gasteiger partial charge in [0.25, 0.3) is 0 Å². The van der Waals surface area contributed by atoms with Crippen molar-refractivity contribution in [1.29, 1.82) is 0 Å². The molecule has 0 N–H and O–H groups in total. The second kappa shape index (κ2) is 5.97. The third-order valence-corrected chi connectivity index (χ3v) is 3.94. The third-order valence-electron chi connectivity index (χ3n) is 3.94. The highest BCUT2D eigenvalue weighted by Crippen LogP contribution is 2.29. The van der Waals surface area contributed by atoms with Gasteiger partial charge in [0.2, 0.25) is 0 Å². The molecule has 0 saturated heterocycles. The van der Waals surface area contributed by atoms with Gasteiger partial charge in [-0.1, -0.05) is 0 Å². The maximum atomic E-state index is 13.0. The average molecular weight is 230 g/mol. The summed E-state index contributed by atoms with van der Waals surface area (Å²) >= 11 is 0. The molecule has 2 nitrogen and oxygen atoms in total. The highest BCUT2D eigenvalue weighted by Gasteiger charge is 2.27. The molecule has 0 amide bonds. The van der Waals surface area contributed by atoms with Crippen molar-refractivity contribution in [3.05, 3.63) is 0 Å². The molecule has 94 valence electrons. The molecule has 2 aliphatic rings. The van der Waals surface area contributed by atoms with E-state index < -0.39 is 6.17 Å². The smallest absolute Gasteiger partial charge is 0.100 e. The Morgan fingerprint density at radius 1 is 0.750 bits per heavy atom. The fourth-order valence-corrected chi connectivity index (χ4v) is 2.83. The lowest BCUT2D eigenvalue weighted by Gasteiger charge is -2.33. The van der Waals surface area contributed by atoms with Crippen LogP contribution in [0.3, 0.4) is 0 Å². The first-order chi connectivity index (χ1) is 7.78. The molecule has 0 aliphatic heterocycles. The lowest BCUT2D eigenvalue weighted by atomic mass is 9.93. The van der Waals surface area contributed by atoms with Gasteiger partial charge in [-0.05, 0) is 51.4 Å². The molecule has 0 aromatic rings. The molecule has 3 heteroatoms. The Morgan fingerprint density at radius 2 is 1.19 bits per heavy atom. The van der Waals surface area contributed by atoms with Gasteiger partial charge in [-0.15, -0.1) is 0 Å². The van der Waals surface area contributed by atoms with Crippen molar-refractivity contribution in [1.82, 2.24) is 0 Å². The van der Waals surface area contributed by atoms with Crippen LogP contribution in [0.1, 0.15) is 51.4 Å². The van der Waals surface area contributed by atoms with E-state index in [1.807, 2.05) is 0 Å². The van der Waals surface area contributed by atoms with E-state index in [1.165, 1.54) is 0 Å². The summed E-state index contributed by atoms with van der Waals surface area (Å²) in [6.45, 7) is 0. The van der Waals surface area contributed by atoms with E-state index >= 15 is 0 Å². The normalized spacial score (nSPS) is 40.9. The Hall–Kier alpha value is -0.150. The largest absolute Gasteiger partial charge is 0.381 e. The zero-order chi connectivity index (χ0) is 11.4. The summed E-state index contributed by atoms with van der Waals surface area (Å²) < 4.78 is 24.3. The molecule has 0 bridgehead atoms. The lowest BCUT2D eigenvalue weighted by molar-refractivity contribution is -0.0709. The Morgan fingerprint density at radius 3 is 1.69 bits per heavy atom. The van der Waals surface area contributed by atoms with E-state index in [0.717, 1.165) is 38.5 Å². The lowest BCUT2D eigenvalue weighted by Crippen LogP contribution is -2.31. The zero-order valence-corrected chi connectivity index (χ0v) is 10.2. The first-order valence-electron chi connectivity index (χ1n) is 6.60. The minimum Gasteiger partial charge on any atom is -0.381 e. The number of rotatable bonds is 3. The van der Waals surface area contributed by atoms with Crippen LogP contribution in [0.2, 0.25) is 0 Å². The fraction of sp³-hybridized carbons (Fsp3) is 1.00. The number of halogens is 1. The Balaban J connectivity index is 1.66. The van der Waals surface area contributed by atoms with Gasteiger partial charge in [-0.2, -0.15) is 0 Å². The van der Waals surface area contributed by atoms with Gasteiger partial charge in [-0.3, -0.25) is 0 Å². The molecule has 0 atom stereocenters. The number of hydrogen-bond acceptors (Lipinski definition) is 2. The summed E-state index contributed by atoms with van der Waals surface area (Å²) in [6.07, 6.45) is 8.20. The Bertz CT molecular complexity index is 194. The van der Waals surface area contributed by atoms with E-state index in [0.29, 0.717) is 31.2 Å². The standard InChI is InChI=1S/C13H23FO2/c1-15-11-6-8-13(9-7-11)16-12-4-2-10(14)3-5-12/h10-13H,2-9H2,1H3. The summed E-state index contributed by atoms with van der Waals surface area (Å²) in [6, 6.07) is 0. The molecule has 2 rings (SSSR count). The van der Waals surface area contributed by atoms with Crippen molar-refractivity contribution in [3.63, 3.8) is 0 Å². The minimum atomic E-state index is -0.580. The average Bonchev–Trinajstić information content (AvgIpc) is 2.33. The third kappa shape index (κ3) is 3.42. The van der Waals surface area contributed by atoms with Gasteiger partial charge in [0.1, 0.15) is 6.17 Å². The van der Waals surface area contributed by atoms with Gasteiger partial charge in [0.05, 0.1) is 18.3 Å². The quantitative estimate of drug-likeness (QED) is 0.741. The van der Waals surface area contributed by atoms with Crippen LogP contribution in [0.25, 0.3) is 0 Å². The van der Waals surface area contributed by atoms with Gasteiger partial charge >= 0.3 is 0 Å². The Kier molecular flexibility index (Phi) is 4.59. The molecular weight excluding hydrogens is 207 g/mol. The van der Waals surface area contributed by atoms with Crippen molar-refractivity contribution in [2.24, 2.45) is 0 Å². The second-order valence-electron chi connectivity index (χ2n) is 5.14. The number of alkyl halides is 1. The van der Waals surface area contributed by atoms with E-state index in [4.69, 9.17) is 9.47 Å². The molecule has 2 saturated carbocycles. The van der Waals surface area contributed by atoms with Gasteiger partial charge in [0, 0.05) is 7.11 Å². The first kappa shape index (κ1) is 12.3. The predicted octanol–water partition coefficient (Wildman–Crippen LogP) is 3.24. The number of methoxy groups -OCH3 is 1. The molecule has 0 unspecified atom stereocenters. The molecule has 0 aromatic heterocycles. The molecule has 16 heavy (non-hydrogen) atoms. The van der Waals surface area contributed by atoms with Crippen molar-refractivity contribution < 1.29 is 13.9 Å². The summed E-state index contributed by atoms with van der Waals surface area (Å²) in [4.78, 5) is 0. The predicted molar refractivity (Wildman–Crippen MR) is 61.3 cm³/mol. The van der Waals surface area contributed by atoms with Crippen LogP contribution in [-0.2, 0) is 9.47 Å². The topological polar surface area (TPSA) is 18.5 Å². The monoisotopic (exact) mass is 230 g/mol. The van der Waals surface area contributed by atoms with Gasteiger partial charge in [0.15, 0.2) is 0 Å². The van der Waals surface area contributed by atoms with E-state index in [9.17, 15) is 4.39 Å². The molecule has 2 aliphatic carbocycles. The fourth-order valence-electron chi connectivity index (χ4n) is 2.83. The van der Waals surface area contributed by atoms with Crippen LogP contribution in [0.4, 0.5) is 4.39 Å². The summed E-state index contributed by atoms with van der Waals surface area (Å²) in [5, 5.41) is 0. The maximum absolute atomic E-state index is 13.0.